The van der Waals surface area contributed by atoms with Crippen LogP contribution in [-0.2, 0) is 0 Å². The second-order valence-electron chi connectivity index (χ2n) is 4.15. The summed E-state index contributed by atoms with van der Waals surface area (Å²) in [7, 11) is 0. The summed E-state index contributed by atoms with van der Waals surface area (Å²) in [6.45, 7) is 2.46. The van der Waals surface area contributed by atoms with Gasteiger partial charge in [0.25, 0.3) is 0 Å². The molecule has 0 aliphatic heterocycles. The van der Waals surface area contributed by atoms with Crippen molar-refractivity contribution in [2.75, 3.05) is 0 Å². The Labute approximate surface area is 115 Å². The fourth-order valence-corrected chi connectivity index (χ4v) is 9.70. The summed E-state index contributed by atoms with van der Waals surface area (Å²) in [6.07, 6.45) is 2.93. The molecule has 0 radical (unpaired) electrons. The van der Waals surface area contributed by atoms with E-state index >= 15 is 0 Å². The van der Waals surface area contributed by atoms with Gasteiger partial charge in [0.2, 0.25) is 0 Å². The van der Waals surface area contributed by atoms with E-state index in [1.54, 1.807) is 0 Å². The van der Waals surface area contributed by atoms with E-state index in [4.69, 9.17) is 0 Å². The van der Waals surface area contributed by atoms with Crippen LogP contribution in [0.3, 0.4) is 0 Å². The molecule has 6 atom stereocenters. The molecule has 2 rings (SSSR count). The number of alkyl halides is 3. The van der Waals surface area contributed by atoms with Gasteiger partial charge < -0.3 is 0 Å². The molecule has 0 nitrogen and oxygen atoms in total. The summed E-state index contributed by atoms with van der Waals surface area (Å²) in [4.78, 5) is 0. The molecule has 0 aromatic heterocycles. The molecule has 2 fully saturated rings. The number of hydrogen-bond donors (Lipinski definition) is 0. The zero-order valence-corrected chi connectivity index (χ0v) is 13.5. The number of fused-ring (bicyclic) bond motifs is 1. The lowest BCUT2D eigenvalue weighted by atomic mass is 9.94. The van der Waals surface area contributed by atoms with Crippen molar-refractivity contribution in [1.82, 2.24) is 0 Å². The van der Waals surface area contributed by atoms with Crippen LogP contribution in [0.2, 0.25) is 0 Å². The molecule has 2 aliphatic rings. The molecule has 0 heterocycles. The van der Waals surface area contributed by atoms with Crippen LogP contribution in [-0.4, -0.2) is 11.8 Å². The van der Waals surface area contributed by atoms with Gasteiger partial charge in [-0.2, -0.15) is 0 Å². The van der Waals surface area contributed by atoms with Crippen LogP contribution in [0.15, 0.2) is 0 Å². The van der Waals surface area contributed by atoms with E-state index in [-0.39, 0.29) is 0 Å². The van der Waals surface area contributed by atoms with E-state index < -0.39 is 0 Å². The standard InChI is InChI=1S/C9H13I3/c1-4-2-5(10)9-7(12)3-6(11)8(4)9/h4-9H,2-3H2,1H3. The maximum Gasteiger partial charge on any atom is 0.0161 e. The van der Waals surface area contributed by atoms with Gasteiger partial charge in [-0.25, -0.2) is 0 Å². The molecule has 70 valence electrons. The minimum Gasteiger partial charge on any atom is -0.0823 e. The van der Waals surface area contributed by atoms with Crippen LogP contribution in [0.5, 0.6) is 0 Å². The molecule has 0 saturated heterocycles. The van der Waals surface area contributed by atoms with E-state index in [9.17, 15) is 0 Å². The zero-order valence-electron chi connectivity index (χ0n) is 7.01. The van der Waals surface area contributed by atoms with Crippen molar-refractivity contribution in [3.63, 3.8) is 0 Å². The molecular formula is C9H13I3. The maximum atomic E-state index is 2.68. The van der Waals surface area contributed by atoms with Gasteiger partial charge in [0, 0.05) is 11.8 Å². The Morgan fingerprint density at radius 3 is 1.92 bits per heavy atom. The summed E-state index contributed by atoms with van der Waals surface area (Å²) in [5.41, 5.74) is 0. The number of hydrogen-bond acceptors (Lipinski definition) is 0. The number of rotatable bonds is 0. The van der Waals surface area contributed by atoms with Crippen molar-refractivity contribution in [2.45, 2.75) is 31.5 Å². The highest BCUT2D eigenvalue weighted by molar-refractivity contribution is 14.1. The topological polar surface area (TPSA) is 0 Å². The quantitative estimate of drug-likeness (QED) is 0.347. The smallest absolute Gasteiger partial charge is 0.0161 e. The van der Waals surface area contributed by atoms with Crippen molar-refractivity contribution in [1.29, 1.82) is 0 Å². The molecule has 12 heavy (non-hydrogen) atoms. The van der Waals surface area contributed by atoms with E-state index in [0.717, 1.165) is 29.5 Å². The van der Waals surface area contributed by atoms with Gasteiger partial charge in [-0.05, 0) is 30.6 Å². The minimum absolute atomic E-state index is 0.960. The third-order valence-corrected chi connectivity index (χ3v) is 7.42. The van der Waals surface area contributed by atoms with Crippen LogP contribution in [0.4, 0.5) is 0 Å². The minimum atomic E-state index is 0.960. The first kappa shape index (κ1) is 10.7. The average Bonchev–Trinajstić information content (AvgIpc) is 2.38. The summed E-state index contributed by atoms with van der Waals surface area (Å²) in [5, 5.41) is 0. The molecule has 2 saturated carbocycles. The summed E-state index contributed by atoms with van der Waals surface area (Å²) >= 11 is 8.04. The highest BCUT2D eigenvalue weighted by Crippen LogP contribution is 2.55. The Hall–Kier alpha value is 2.19. The Morgan fingerprint density at radius 1 is 0.833 bits per heavy atom. The molecule has 6 unspecified atom stereocenters. The van der Waals surface area contributed by atoms with Crippen molar-refractivity contribution < 1.29 is 0 Å². The first-order chi connectivity index (χ1) is 5.61. The van der Waals surface area contributed by atoms with Crippen LogP contribution < -0.4 is 0 Å². The van der Waals surface area contributed by atoms with Crippen LogP contribution in [0.25, 0.3) is 0 Å². The molecule has 0 bridgehead atoms. The Kier molecular flexibility index (Phi) is 3.55. The molecule has 0 aromatic carbocycles. The van der Waals surface area contributed by atoms with Crippen LogP contribution in [0, 0.1) is 17.8 Å². The maximum absolute atomic E-state index is 2.68. The summed E-state index contributed by atoms with van der Waals surface area (Å²) < 4.78 is 2.88. The SMILES string of the molecule is CC1CC(I)C2C(I)CC(I)C12. The highest BCUT2D eigenvalue weighted by atomic mass is 127. The van der Waals surface area contributed by atoms with Gasteiger partial charge in [-0.15, -0.1) is 0 Å². The molecule has 3 heteroatoms. The van der Waals surface area contributed by atoms with Crippen molar-refractivity contribution in [2.24, 2.45) is 17.8 Å². The molecule has 0 spiro atoms. The van der Waals surface area contributed by atoms with Crippen molar-refractivity contribution >= 4 is 67.8 Å². The highest BCUT2D eigenvalue weighted by Gasteiger charge is 2.51. The first-order valence-electron chi connectivity index (χ1n) is 4.53. The van der Waals surface area contributed by atoms with Gasteiger partial charge >= 0.3 is 0 Å². The fourth-order valence-electron chi connectivity index (χ4n) is 2.88. The Morgan fingerprint density at radius 2 is 1.33 bits per heavy atom. The van der Waals surface area contributed by atoms with Gasteiger partial charge in [0.15, 0.2) is 0 Å². The summed E-state index contributed by atoms with van der Waals surface area (Å²) in [5.74, 6) is 3.05. The second kappa shape index (κ2) is 3.98. The lowest BCUT2D eigenvalue weighted by Crippen LogP contribution is -2.19. The van der Waals surface area contributed by atoms with E-state index in [1.807, 2.05) is 0 Å². The van der Waals surface area contributed by atoms with Gasteiger partial charge in [0.1, 0.15) is 0 Å². The van der Waals surface area contributed by atoms with Crippen LogP contribution in [0.1, 0.15) is 19.8 Å². The second-order valence-corrected chi connectivity index (χ2v) is 8.95. The molecular weight excluding hydrogens is 489 g/mol. The molecule has 0 aromatic rings. The monoisotopic (exact) mass is 502 g/mol. The predicted molar refractivity (Wildman–Crippen MR) is 78.8 cm³/mol. The molecule has 0 amide bonds. The van der Waals surface area contributed by atoms with Gasteiger partial charge in [0.05, 0.1) is 0 Å². The molecule has 0 N–H and O–H groups in total. The van der Waals surface area contributed by atoms with E-state index in [2.05, 4.69) is 74.7 Å². The third-order valence-electron chi connectivity index (χ3n) is 3.40. The van der Waals surface area contributed by atoms with Crippen LogP contribution >= 0.6 is 67.8 Å². The normalized spacial score (nSPS) is 59.0. The predicted octanol–water partition coefficient (Wildman–Crippen LogP) is 4.07. The lowest BCUT2D eigenvalue weighted by molar-refractivity contribution is 0.397. The largest absolute Gasteiger partial charge is 0.0823 e. The zero-order chi connectivity index (χ0) is 8.88. The molecule has 2 aliphatic carbocycles. The average molecular weight is 502 g/mol. The van der Waals surface area contributed by atoms with Crippen molar-refractivity contribution in [3.8, 4) is 0 Å². The third kappa shape index (κ3) is 1.67. The van der Waals surface area contributed by atoms with E-state index in [1.165, 1.54) is 12.8 Å². The summed E-state index contributed by atoms with van der Waals surface area (Å²) in [6, 6.07) is 0. The number of halogens is 3. The van der Waals surface area contributed by atoms with Gasteiger partial charge in [-0.3, -0.25) is 0 Å². The Bertz CT molecular complexity index is 147. The fraction of sp³-hybridized carbons (Fsp3) is 1.00. The first-order valence-corrected chi connectivity index (χ1v) is 8.27. The van der Waals surface area contributed by atoms with Gasteiger partial charge in [-0.1, -0.05) is 74.7 Å². The lowest BCUT2D eigenvalue weighted by Gasteiger charge is -2.18. The Balaban J connectivity index is 2.20. The van der Waals surface area contributed by atoms with Crippen molar-refractivity contribution in [3.05, 3.63) is 0 Å². The van der Waals surface area contributed by atoms with E-state index in [0.29, 0.717) is 0 Å².